The van der Waals surface area contributed by atoms with Gasteiger partial charge in [0, 0.05) is 17.8 Å². The number of carbonyl (C=O) groups is 1. The zero-order valence-electron chi connectivity index (χ0n) is 11.9. The van der Waals surface area contributed by atoms with E-state index < -0.39 is 0 Å². The van der Waals surface area contributed by atoms with Crippen LogP contribution in [0.15, 0.2) is 18.2 Å². The maximum Gasteiger partial charge on any atom is 0.267 e. The quantitative estimate of drug-likeness (QED) is 0.804. The van der Waals surface area contributed by atoms with Gasteiger partial charge in [0.05, 0.1) is 5.56 Å². The van der Waals surface area contributed by atoms with Gasteiger partial charge in [-0.25, -0.2) is 5.01 Å². The monoisotopic (exact) mass is 261 g/mol. The van der Waals surface area contributed by atoms with Crippen molar-refractivity contribution in [3.8, 4) is 0 Å². The van der Waals surface area contributed by atoms with E-state index in [2.05, 4.69) is 24.3 Å². The summed E-state index contributed by atoms with van der Waals surface area (Å²) in [6, 6.07) is 6.30. The molecule has 1 heterocycles. The van der Waals surface area contributed by atoms with Crippen LogP contribution in [0.3, 0.4) is 0 Å². The van der Waals surface area contributed by atoms with Gasteiger partial charge < -0.3 is 5.73 Å². The van der Waals surface area contributed by atoms with Crippen LogP contribution >= 0.6 is 0 Å². The standard InChI is InChI=1S/C15H23N3O/c1-10-6-4-9-13(14(10)16)15(19)17-18-11(2)7-5-8-12(18)3/h4,6,9,11-12H,5,7-8,16H2,1-3H3,(H,17,19). The number of nitrogens with zero attached hydrogens (tertiary/aromatic N) is 1. The molecule has 0 spiro atoms. The summed E-state index contributed by atoms with van der Waals surface area (Å²) in [5.74, 6) is -0.109. The van der Waals surface area contributed by atoms with Crippen LogP contribution in [0.4, 0.5) is 5.69 Å². The molecular formula is C15H23N3O. The van der Waals surface area contributed by atoms with Gasteiger partial charge in [-0.1, -0.05) is 18.6 Å². The van der Waals surface area contributed by atoms with Crippen LogP contribution in [-0.2, 0) is 0 Å². The largest absolute Gasteiger partial charge is 0.398 e. The van der Waals surface area contributed by atoms with E-state index in [0.717, 1.165) is 18.4 Å². The number of anilines is 1. The molecule has 1 aliphatic heterocycles. The van der Waals surface area contributed by atoms with E-state index in [1.807, 2.05) is 19.1 Å². The van der Waals surface area contributed by atoms with Crippen molar-refractivity contribution in [1.29, 1.82) is 0 Å². The average Bonchev–Trinajstić information content (AvgIpc) is 2.37. The summed E-state index contributed by atoms with van der Waals surface area (Å²) in [7, 11) is 0. The SMILES string of the molecule is Cc1cccc(C(=O)NN2C(C)CCCC2C)c1N. The van der Waals surface area contributed by atoms with Crippen molar-refractivity contribution in [1.82, 2.24) is 10.4 Å². The number of hydrogen-bond donors (Lipinski definition) is 2. The Kier molecular flexibility index (Phi) is 4.10. The molecule has 1 aliphatic rings. The highest BCUT2D eigenvalue weighted by Gasteiger charge is 2.26. The Morgan fingerprint density at radius 2 is 1.95 bits per heavy atom. The van der Waals surface area contributed by atoms with Crippen molar-refractivity contribution in [2.75, 3.05) is 5.73 Å². The Morgan fingerprint density at radius 1 is 1.32 bits per heavy atom. The molecule has 1 fully saturated rings. The molecule has 2 rings (SSSR count). The van der Waals surface area contributed by atoms with Gasteiger partial charge in [-0.3, -0.25) is 10.2 Å². The highest BCUT2D eigenvalue weighted by Crippen LogP contribution is 2.22. The molecule has 104 valence electrons. The number of nitrogens with two attached hydrogens (primary N) is 1. The smallest absolute Gasteiger partial charge is 0.267 e. The second-order valence-electron chi connectivity index (χ2n) is 5.51. The third-order valence-electron chi connectivity index (χ3n) is 3.99. The number of amides is 1. The predicted molar refractivity (Wildman–Crippen MR) is 77.7 cm³/mol. The molecule has 0 saturated carbocycles. The summed E-state index contributed by atoms with van der Waals surface area (Å²) in [6.07, 6.45) is 3.46. The van der Waals surface area contributed by atoms with Crippen LogP contribution in [0, 0.1) is 6.92 Å². The summed E-state index contributed by atoms with van der Waals surface area (Å²) >= 11 is 0. The zero-order chi connectivity index (χ0) is 14.0. The number of carbonyl (C=O) groups excluding carboxylic acids is 1. The van der Waals surface area contributed by atoms with Gasteiger partial charge in [-0.15, -0.1) is 0 Å². The Morgan fingerprint density at radius 3 is 2.58 bits per heavy atom. The van der Waals surface area contributed by atoms with Gasteiger partial charge in [0.15, 0.2) is 0 Å². The molecule has 2 unspecified atom stereocenters. The van der Waals surface area contributed by atoms with E-state index in [4.69, 9.17) is 5.73 Å². The van der Waals surface area contributed by atoms with Gasteiger partial charge in [0.2, 0.25) is 0 Å². The first kappa shape index (κ1) is 13.9. The Labute approximate surface area is 114 Å². The van der Waals surface area contributed by atoms with E-state index >= 15 is 0 Å². The van der Waals surface area contributed by atoms with Gasteiger partial charge in [-0.05, 0) is 45.2 Å². The van der Waals surface area contributed by atoms with Crippen LogP contribution in [0.5, 0.6) is 0 Å². The number of nitrogen functional groups attached to an aromatic ring is 1. The number of nitrogens with one attached hydrogen (secondary N) is 1. The molecule has 1 amide bonds. The Hall–Kier alpha value is -1.55. The number of para-hydroxylation sites is 1. The summed E-state index contributed by atoms with van der Waals surface area (Å²) in [5.41, 5.74) is 11.1. The normalized spacial score (nSPS) is 24.2. The molecule has 1 aromatic carbocycles. The molecule has 1 aromatic rings. The fraction of sp³-hybridized carbons (Fsp3) is 0.533. The molecule has 4 nitrogen and oxygen atoms in total. The van der Waals surface area contributed by atoms with Crippen molar-refractivity contribution >= 4 is 11.6 Å². The number of piperidine rings is 1. The summed E-state index contributed by atoms with van der Waals surface area (Å²) in [6.45, 7) is 6.21. The van der Waals surface area contributed by atoms with Crippen molar-refractivity contribution in [3.63, 3.8) is 0 Å². The fourth-order valence-corrected chi connectivity index (χ4v) is 2.70. The van der Waals surface area contributed by atoms with Crippen LogP contribution in [0.2, 0.25) is 0 Å². The molecule has 1 saturated heterocycles. The fourth-order valence-electron chi connectivity index (χ4n) is 2.70. The molecule has 4 heteroatoms. The molecule has 2 atom stereocenters. The second kappa shape index (κ2) is 5.61. The lowest BCUT2D eigenvalue weighted by atomic mass is 10.00. The lowest BCUT2D eigenvalue weighted by Gasteiger charge is -2.38. The number of hydrazine groups is 1. The topological polar surface area (TPSA) is 58.4 Å². The number of hydrogen-bond acceptors (Lipinski definition) is 3. The van der Waals surface area contributed by atoms with E-state index in [0.29, 0.717) is 23.3 Å². The van der Waals surface area contributed by atoms with Crippen molar-refractivity contribution in [2.24, 2.45) is 0 Å². The molecule has 0 radical (unpaired) electrons. The van der Waals surface area contributed by atoms with E-state index in [-0.39, 0.29) is 5.91 Å². The first-order valence-corrected chi connectivity index (χ1v) is 6.95. The Bertz CT molecular complexity index is 462. The molecule has 19 heavy (non-hydrogen) atoms. The third-order valence-corrected chi connectivity index (χ3v) is 3.99. The number of benzene rings is 1. The zero-order valence-corrected chi connectivity index (χ0v) is 11.9. The highest BCUT2D eigenvalue weighted by atomic mass is 16.2. The minimum Gasteiger partial charge on any atom is -0.398 e. The van der Waals surface area contributed by atoms with E-state index in [1.165, 1.54) is 6.42 Å². The van der Waals surface area contributed by atoms with Gasteiger partial charge >= 0.3 is 0 Å². The molecule has 3 N–H and O–H groups in total. The summed E-state index contributed by atoms with van der Waals surface area (Å²) in [4.78, 5) is 12.3. The molecular weight excluding hydrogens is 238 g/mol. The predicted octanol–water partition coefficient (Wildman–Crippen LogP) is 2.48. The molecule has 0 aromatic heterocycles. The maximum absolute atomic E-state index is 12.3. The Balaban J connectivity index is 2.14. The van der Waals surface area contributed by atoms with Crippen molar-refractivity contribution < 1.29 is 4.79 Å². The third kappa shape index (κ3) is 2.89. The lowest BCUT2D eigenvalue weighted by molar-refractivity contribution is 0.0370. The van der Waals surface area contributed by atoms with E-state index in [1.54, 1.807) is 6.07 Å². The summed E-state index contributed by atoms with van der Waals surface area (Å²) < 4.78 is 0. The average molecular weight is 261 g/mol. The van der Waals surface area contributed by atoms with Gasteiger partial charge in [-0.2, -0.15) is 0 Å². The van der Waals surface area contributed by atoms with Crippen molar-refractivity contribution in [3.05, 3.63) is 29.3 Å². The maximum atomic E-state index is 12.3. The minimum absolute atomic E-state index is 0.109. The number of rotatable bonds is 2. The van der Waals surface area contributed by atoms with Crippen LogP contribution in [0.25, 0.3) is 0 Å². The lowest BCUT2D eigenvalue weighted by Crippen LogP contribution is -2.54. The van der Waals surface area contributed by atoms with Crippen molar-refractivity contribution in [2.45, 2.75) is 52.1 Å². The number of aryl methyl sites for hydroxylation is 1. The highest BCUT2D eigenvalue weighted by molar-refractivity contribution is 5.99. The van der Waals surface area contributed by atoms with E-state index in [9.17, 15) is 4.79 Å². The van der Waals surface area contributed by atoms with Crippen LogP contribution < -0.4 is 11.2 Å². The van der Waals surface area contributed by atoms with Gasteiger partial charge in [0.25, 0.3) is 5.91 Å². The first-order valence-electron chi connectivity index (χ1n) is 6.95. The first-order chi connectivity index (χ1) is 9.00. The minimum atomic E-state index is -0.109. The molecule has 0 bridgehead atoms. The molecule has 0 aliphatic carbocycles. The van der Waals surface area contributed by atoms with Gasteiger partial charge in [0.1, 0.15) is 0 Å². The van der Waals surface area contributed by atoms with Crippen LogP contribution in [0.1, 0.15) is 49.0 Å². The second-order valence-corrected chi connectivity index (χ2v) is 5.51. The summed E-state index contributed by atoms with van der Waals surface area (Å²) in [5, 5.41) is 2.06. The van der Waals surface area contributed by atoms with Crippen LogP contribution in [-0.4, -0.2) is 23.0 Å².